The van der Waals surface area contributed by atoms with Crippen LogP contribution in [-0.2, 0) is 11.2 Å². The molecular formula is C18H18Cl2N2O. The van der Waals surface area contributed by atoms with Crippen LogP contribution in [0.4, 0.5) is 0 Å². The third kappa shape index (κ3) is 3.31. The first kappa shape index (κ1) is 16.2. The Labute approximate surface area is 146 Å². The van der Waals surface area contributed by atoms with E-state index in [4.69, 9.17) is 27.9 Å². The van der Waals surface area contributed by atoms with E-state index in [0.717, 1.165) is 30.5 Å². The number of hydrogen-bond acceptors (Lipinski definition) is 2. The summed E-state index contributed by atoms with van der Waals surface area (Å²) in [6.45, 7) is 6.52. The summed E-state index contributed by atoms with van der Waals surface area (Å²) in [5, 5.41) is 5.62. The second-order valence-electron chi connectivity index (χ2n) is 5.44. The van der Waals surface area contributed by atoms with E-state index in [9.17, 15) is 0 Å². The van der Waals surface area contributed by atoms with Gasteiger partial charge in [-0.2, -0.15) is 5.10 Å². The van der Waals surface area contributed by atoms with Crippen molar-refractivity contribution in [3.63, 3.8) is 0 Å². The SMILES string of the molecule is C=C(/C=C1\CCCc2c1cnn2-c1ccc(Cl)c(Cl)c1)OCC. The number of fused-ring (bicyclic) bond motifs is 1. The number of hydrogen-bond donors (Lipinski definition) is 0. The van der Waals surface area contributed by atoms with Gasteiger partial charge in [-0.25, -0.2) is 4.68 Å². The van der Waals surface area contributed by atoms with Crippen LogP contribution in [-0.4, -0.2) is 16.4 Å². The van der Waals surface area contributed by atoms with Crippen molar-refractivity contribution >= 4 is 28.8 Å². The molecule has 3 nitrogen and oxygen atoms in total. The van der Waals surface area contributed by atoms with E-state index in [1.165, 1.54) is 11.3 Å². The molecule has 1 aromatic carbocycles. The molecule has 1 heterocycles. The first-order chi connectivity index (χ1) is 11.1. The topological polar surface area (TPSA) is 27.1 Å². The van der Waals surface area contributed by atoms with E-state index in [1.54, 1.807) is 6.07 Å². The molecule has 5 heteroatoms. The normalized spacial score (nSPS) is 15.5. The first-order valence-electron chi connectivity index (χ1n) is 7.65. The fraction of sp³-hybridized carbons (Fsp3) is 0.278. The molecular weight excluding hydrogens is 331 g/mol. The van der Waals surface area contributed by atoms with Gasteiger partial charge in [0, 0.05) is 5.56 Å². The molecule has 0 fully saturated rings. The molecule has 2 aromatic rings. The van der Waals surface area contributed by atoms with Crippen molar-refractivity contribution in [1.82, 2.24) is 9.78 Å². The highest BCUT2D eigenvalue weighted by Crippen LogP contribution is 2.33. The van der Waals surface area contributed by atoms with Gasteiger partial charge in [-0.05, 0) is 56.0 Å². The summed E-state index contributed by atoms with van der Waals surface area (Å²) in [6, 6.07) is 5.57. The number of benzene rings is 1. The Morgan fingerprint density at radius 1 is 1.35 bits per heavy atom. The zero-order valence-corrected chi connectivity index (χ0v) is 14.5. The van der Waals surface area contributed by atoms with Crippen LogP contribution in [0.2, 0.25) is 10.0 Å². The molecule has 23 heavy (non-hydrogen) atoms. The van der Waals surface area contributed by atoms with Gasteiger partial charge >= 0.3 is 0 Å². The van der Waals surface area contributed by atoms with Crippen LogP contribution in [0.25, 0.3) is 11.3 Å². The van der Waals surface area contributed by atoms with Gasteiger partial charge in [0.15, 0.2) is 0 Å². The summed E-state index contributed by atoms with van der Waals surface area (Å²) in [6.07, 6.45) is 6.98. The van der Waals surface area contributed by atoms with Crippen molar-refractivity contribution in [2.45, 2.75) is 26.2 Å². The van der Waals surface area contributed by atoms with Gasteiger partial charge in [0.1, 0.15) is 5.76 Å². The standard InChI is InChI=1S/C18H18Cl2N2O/c1-3-23-12(2)9-13-5-4-6-18-15(13)11-21-22(18)14-7-8-16(19)17(20)10-14/h7-11H,2-6H2,1H3/b13-9+. The van der Waals surface area contributed by atoms with Gasteiger partial charge < -0.3 is 4.74 Å². The van der Waals surface area contributed by atoms with Crippen LogP contribution >= 0.6 is 23.2 Å². The summed E-state index contributed by atoms with van der Waals surface area (Å²) in [4.78, 5) is 0. The van der Waals surface area contributed by atoms with Crippen molar-refractivity contribution in [3.05, 3.63) is 64.1 Å². The number of nitrogens with zero attached hydrogens (tertiary/aromatic N) is 2. The monoisotopic (exact) mass is 348 g/mol. The van der Waals surface area contributed by atoms with Gasteiger partial charge in [-0.1, -0.05) is 29.8 Å². The van der Waals surface area contributed by atoms with Gasteiger partial charge in [-0.3, -0.25) is 0 Å². The number of halogens is 2. The minimum atomic E-state index is 0.532. The zero-order chi connectivity index (χ0) is 16.4. The predicted molar refractivity (Wildman–Crippen MR) is 95.3 cm³/mol. The molecule has 0 bridgehead atoms. The Balaban J connectivity index is 2.00. The average Bonchev–Trinajstić information content (AvgIpc) is 2.95. The molecule has 0 amide bonds. The Bertz CT molecular complexity index is 777. The van der Waals surface area contributed by atoms with E-state index >= 15 is 0 Å². The lowest BCUT2D eigenvalue weighted by molar-refractivity contribution is 0.244. The molecule has 0 saturated heterocycles. The van der Waals surface area contributed by atoms with Crippen LogP contribution < -0.4 is 0 Å². The van der Waals surface area contributed by atoms with Crippen molar-refractivity contribution in [3.8, 4) is 5.69 Å². The predicted octanol–water partition coefficient (Wildman–Crippen LogP) is 5.45. The van der Waals surface area contributed by atoms with E-state index in [2.05, 4.69) is 11.7 Å². The number of aromatic nitrogens is 2. The van der Waals surface area contributed by atoms with E-state index in [1.807, 2.05) is 36.0 Å². The Hall–Kier alpha value is -1.71. The smallest absolute Gasteiger partial charge is 0.112 e. The lowest BCUT2D eigenvalue weighted by Gasteiger charge is -2.17. The van der Waals surface area contributed by atoms with Crippen molar-refractivity contribution in [2.24, 2.45) is 0 Å². The Kier molecular flexibility index (Phi) is 4.79. The number of ether oxygens (including phenoxy) is 1. The highest BCUT2D eigenvalue weighted by Gasteiger charge is 2.20. The highest BCUT2D eigenvalue weighted by molar-refractivity contribution is 6.42. The number of rotatable bonds is 4. The molecule has 0 unspecified atom stereocenters. The lowest BCUT2D eigenvalue weighted by Crippen LogP contribution is -2.07. The van der Waals surface area contributed by atoms with Gasteiger partial charge in [0.25, 0.3) is 0 Å². The van der Waals surface area contributed by atoms with Crippen LogP contribution in [0.5, 0.6) is 0 Å². The Morgan fingerprint density at radius 3 is 2.91 bits per heavy atom. The summed E-state index contributed by atoms with van der Waals surface area (Å²) < 4.78 is 7.39. The molecule has 1 aliphatic carbocycles. The highest BCUT2D eigenvalue weighted by atomic mass is 35.5. The quantitative estimate of drug-likeness (QED) is 0.687. The molecule has 3 rings (SSSR count). The first-order valence-corrected chi connectivity index (χ1v) is 8.40. The van der Waals surface area contributed by atoms with Crippen molar-refractivity contribution in [2.75, 3.05) is 6.61 Å². The molecule has 0 aliphatic heterocycles. The lowest BCUT2D eigenvalue weighted by atomic mass is 9.92. The molecule has 120 valence electrons. The van der Waals surface area contributed by atoms with E-state index < -0.39 is 0 Å². The second kappa shape index (κ2) is 6.81. The third-order valence-corrected chi connectivity index (χ3v) is 4.63. The summed E-state index contributed by atoms with van der Waals surface area (Å²) in [7, 11) is 0. The molecule has 0 atom stereocenters. The van der Waals surface area contributed by atoms with Gasteiger partial charge in [-0.15, -0.1) is 0 Å². The van der Waals surface area contributed by atoms with E-state index in [-0.39, 0.29) is 0 Å². The fourth-order valence-electron chi connectivity index (χ4n) is 2.87. The second-order valence-corrected chi connectivity index (χ2v) is 6.25. The molecule has 0 saturated carbocycles. The molecule has 0 radical (unpaired) electrons. The largest absolute Gasteiger partial charge is 0.495 e. The van der Waals surface area contributed by atoms with Crippen LogP contribution in [0.3, 0.4) is 0 Å². The van der Waals surface area contributed by atoms with Gasteiger partial charge in [0.05, 0.1) is 34.2 Å². The van der Waals surface area contributed by atoms with Crippen LogP contribution in [0.1, 0.15) is 31.0 Å². The maximum Gasteiger partial charge on any atom is 0.112 e. The molecule has 0 N–H and O–H groups in total. The summed E-state index contributed by atoms with van der Waals surface area (Å²) in [5.74, 6) is 0.692. The minimum Gasteiger partial charge on any atom is -0.495 e. The maximum atomic E-state index is 6.13. The summed E-state index contributed by atoms with van der Waals surface area (Å²) in [5.41, 5.74) is 4.48. The third-order valence-electron chi connectivity index (χ3n) is 3.89. The Morgan fingerprint density at radius 2 is 2.17 bits per heavy atom. The van der Waals surface area contributed by atoms with Crippen LogP contribution in [0, 0.1) is 0 Å². The van der Waals surface area contributed by atoms with Crippen LogP contribution in [0.15, 0.2) is 42.8 Å². The average molecular weight is 349 g/mol. The fourth-order valence-corrected chi connectivity index (χ4v) is 3.17. The van der Waals surface area contributed by atoms with E-state index in [0.29, 0.717) is 22.4 Å². The zero-order valence-electron chi connectivity index (χ0n) is 13.0. The maximum absolute atomic E-state index is 6.13. The molecule has 0 spiro atoms. The van der Waals surface area contributed by atoms with Crippen molar-refractivity contribution in [1.29, 1.82) is 0 Å². The summed E-state index contributed by atoms with van der Waals surface area (Å²) >= 11 is 12.1. The van der Waals surface area contributed by atoms with Crippen molar-refractivity contribution < 1.29 is 4.74 Å². The van der Waals surface area contributed by atoms with Gasteiger partial charge in [0.2, 0.25) is 0 Å². The number of allylic oxidation sites excluding steroid dienone is 2. The molecule has 1 aromatic heterocycles. The minimum absolute atomic E-state index is 0.532. The molecule has 1 aliphatic rings.